The van der Waals surface area contributed by atoms with Crippen LogP contribution in [0.2, 0.25) is 0 Å². The van der Waals surface area contributed by atoms with Gasteiger partial charge in [0.05, 0.1) is 4.92 Å². The number of non-ortho nitro benzene ring substituents is 1. The maximum atomic E-state index is 12.7. The van der Waals surface area contributed by atoms with Gasteiger partial charge in [-0.3, -0.25) is 14.9 Å². The third-order valence-corrected chi connectivity index (χ3v) is 5.84. The number of nitro groups is 1. The molecule has 36 heavy (non-hydrogen) atoms. The molecule has 2 heterocycles. The van der Waals surface area contributed by atoms with Crippen molar-refractivity contribution >= 4 is 39.2 Å². The van der Waals surface area contributed by atoms with Gasteiger partial charge in [-0.1, -0.05) is 42.5 Å². The molecular weight excluding hydrogens is 458 g/mol. The maximum absolute atomic E-state index is 12.7. The van der Waals surface area contributed by atoms with Gasteiger partial charge in [-0.15, -0.1) is 0 Å². The molecule has 6 aromatic rings. The van der Waals surface area contributed by atoms with Crippen molar-refractivity contribution < 1.29 is 18.6 Å². The van der Waals surface area contributed by atoms with E-state index in [1.807, 2.05) is 48.5 Å². The zero-order valence-corrected chi connectivity index (χ0v) is 18.7. The van der Waals surface area contributed by atoms with Gasteiger partial charge < -0.3 is 14.2 Å². The zero-order chi connectivity index (χ0) is 24.6. The highest BCUT2D eigenvalue weighted by Crippen LogP contribution is 2.30. The Labute approximate surface area is 204 Å². The van der Waals surface area contributed by atoms with Crippen LogP contribution in [0.4, 0.5) is 11.4 Å². The molecule has 0 atom stereocenters. The van der Waals surface area contributed by atoms with Crippen LogP contribution in [0, 0.1) is 10.1 Å². The number of amides is 1. The molecule has 0 unspecified atom stereocenters. The van der Waals surface area contributed by atoms with Crippen LogP contribution in [0.3, 0.4) is 0 Å². The number of furan rings is 1. The summed E-state index contributed by atoms with van der Waals surface area (Å²) in [6.07, 6.45) is 0. The lowest BCUT2D eigenvalue weighted by atomic mass is 10.1. The van der Waals surface area contributed by atoms with Crippen molar-refractivity contribution in [1.82, 2.24) is 4.98 Å². The summed E-state index contributed by atoms with van der Waals surface area (Å²) in [5.41, 5.74) is 3.31. The van der Waals surface area contributed by atoms with Crippen molar-refractivity contribution in [2.45, 2.75) is 0 Å². The minimum absolute atomic E-state index is 0.0536. The van der Waals surface area contributed by atoms with Gasteiger partial charge in [0.2, 0.25) is 5.89 Å². The predicted molar refractivity (Wildman–Crippen MR) is 136 cm³/mol. The van der Waals surface area contributed by atoms with Crippen molar-refractivity contribution in [3.63, 3.8) is 0 Å². The van der Waals surface area contributed by atoms with Crippen molar-refractivity contribution in [3.05, 3.63) is 113 Å². The number of fused-ring (bicyclic) bond motifs is 3. The third kappa shape index (κ3) is 3.86. The van der Waals surface area contributed by atoms with E-state index in [1.54, 1.807) is 30.3 Å². The maximum Gasteiger partial charge on any atom is 0.291 e. The Balaban J connectivity index is 1.20. The van der Waals surface area contributed by atoms with E-state index in [0.29, 0.717) is 28.5 Å². The molecule has 0 aliphatic carbocycles. The molecule has 6 rings (SSSR count). The fraction of sp³-hybridized carbons (Fsp3) is 0. The number of carbonyl (C=O) groups excluding carboxylic acids is 1. The highest BCUT2D eigenvalue weighted by molar-refractivity contribution is 6.04. The topological polar surface area (TPSA) is 111 Å². The fourth-order valence-corrected chi connectivity index (χ4v) is 4.06. The standard InChI is InChI=1S/C28H17N3O5/c32-27(25-15-14-23(35-25)19-5-3-6-21(16-19)31(33)34)29-20-11-8-18(9-12-20)28-30-26-22-7-2-1-4-17(22)10-13-24(26)36-28/h1-16H,(H,29,32). The lowest BCUT2D eigenvalue weighted by Gasteiger charge is -2.04. The third-order valence-electron chi connectivity index (χ3n) is 5.84. The Morgan fingerprint density at radius 1 is 0.833 bits per heavy atom. The highest BCUT2D eigenvalue weighted by Gasteiger charge is 2.15. The number of rotatable bonds is 5. The second kappa shape index (κ2) is 8.52. The van der Waals surface area contributed by atoms with Crippen LogP contribution in [0.25, 0.3) is 44.7 Å². The zero-order valence-electron chi connectivity index (χ0n) is 18.7. The quantitative estimate of drug-likeness (QED) is 0.211. The summed E-state index contributed by atoms with van der Waals surface area (Å²) < 4.78 is 11.6. The number of benzene rings is 4. The fourth-order valence-electron chi connectivity index (χ4n) is 4.06. The van der Waals surface area contributed by atoms with Gasteiger partial charge >= 0.3 is 0 Å². The van der Waals surface area contributed by atoms with Crippen LogP contribution in [0.5, 0.6) is 0 Å². The lowest BCUT2D eigenvalue weighted by Crippen LogP contribution is -2.10. The van der Waals surface area contributed by atoms with E-state index in [2.05, 4.69) is 10.3 Å². The molecule has 0 fully saturated rings. The van der Waals surface area contributed by atoms with E-state index in [0.717, 1.165) is 21.9 Å². The summed E-state index contributed by atoms with van der Waals surface area (Å²) in [6, 6.07) is 28.2. The second-order valence-corrected chi connectivity index (χ2v) is 8.16. The number of carbonyl (C=O) groups is 1. The number of nitrogens with zero attached hydrogens (tertiary/aromatic N) is 2. The molecule has 0 saturated heterocycles. The number of hydrogen-bond donors (Lipinski definition) is 1. The van der Waals surface area contributed by atoms with E-state index >= 15 is 0 Å². The normalized spacial score (nSPS) is 11.1. The van der Waals surface area contributed by atoms with Gasteiger partial charge in [-0.25, -0.2) is 4.98 Å². The van der Waals surface area contributed by atoms with E-state index in [-0.39, 0.29) is 11.4 Å². The Kier molecular flexibility index (Phi) is 5.04. The van der Waals surface area contributed by atoms with E-state index < -0.39 is 10.8 Å². The van der Waals surface area contributed by atoms with Crippen LogP contribution in [0.15, 0.2) is 106 Å². The van der Waals surface area contributed by atoms with Gasteiger partial charge in [0.1, 0.15) is 11.3 Å². The molecule has 2 aromatic heterocycles. The van der Waals surface area contributed by atoms with E-state index in [9.17, 15) is 14.9 Å². The van der Waals surface area contributed by atoms with Gasteiger partial charge in [0.15, 0.2) is 11.3 Å². The Morgan fingerprint density at radius 2 is 1.67 bits per heavy atom. The van der Waals surface area contributed by atoms with E-state index in [1.165, 1.54) is 18.2 Å². The minimum Gasteiger partial charge on any atom is -0.451 e. The average Bonchev–Trinajstić information content (AvgIpc) is 3.57. The van der Waals surface area contributed by atoms with Crippen LogP contribution >= 0.6 is 0 Å². The first-order valence-electron chi connectivity index (χ1n) is 11.1. The molecule has 0 saturated carbocycles. The molecule has 8 heteroatoms. The number of aromatic nitrogens is 1. The summed E-state index contributed by atoms with van der Waals surface area (Å²) in [5.74, 6) is 0.508. The highest BCUT2D eigenvalue weighted by atomic mass is 16.6. The molecule has 1 amide bonds. The van der Waals surface area contributed by atoms with E-state index in [4.69, 9.17) is 8.83 Å². The van der Waals surface area contributed by atoms with Crippen LogP contribution in [0.1, 0.15) is 10.6 Å². The number of anilines is 1. The molecule has 0 aliphatic heterocycles. The van der Waals surface area contributed by atoms with Crippen LogP contribution < -0.4 is 5.32 Å². The predicted octanol–water partition coefficient (Wildman–Crippen LogP) is 7.07. The van der Waals surface area contributed by atoms with Crippen LogP contribution in [-0.4, -0.2) is 15.8 Å². The molecule has 4 aromatic carbocycles. The number of nitro benzene ring substituents is 1. The smallest absolute Gasteiger partial charge is 0.291 e. The first-order chi connectivity index (χ1) is 17.5. The molecule has 174 valence electrons. The first kappa shape index (κ1) is 21.3. The van der Waals surface area contributed by atoms with Gasteiger partial charge in [0, 0.05) is 34.3 Å². The Hall–Kier alpha value is -5.24. The van der Waals surface area contributed by atoms with Crippen molar-refractivity contribution in [1.29, 1.82) is 0 Å². The number of oxazole rings is 1. The molecule has 0 radical (unpaired) electrons. The second-order valence-electron chi connectivity index (χ2n) is 8.16. The molecule has 0 aliphatic rings. The number of hydrogen-bond acceptors (Lipinski definition) is 6. The summed E-state index contributed by atoms with van der Waals surface area (Å²) in [6.45, 7) is 0. The summed E-state index contributed by atoms with van der Waals surface area (Å²) >= 11 is 0. The number of nitrogens with one attached hydrogen (secondary N) is 1. The monoisotopic (exact) mass is 475 g/mol. The molecule has 8 nitrogen and oxygen atoms in total. The molecule has 1 N–H and O–H groups in total. The average molecular weight is 475 g/mol. The Bertz CT molecular complexity index is 1770. The van der Waals surface area contributed by atoms with Crippen LogP contribution in [-0.2, 0) is 0 Å². The van der Waals surface area contributed by atoms with Crippen molar-refractivity contribution in [3.8, 4) is 22.8 Å². The summed E-state index contributed by atoms with van der Waals surface area (Å²) in [4.78, 5) is 27.9. The molecule has 0 spiro atoms. The van der Waals surface area contributed by atoms with Gasteiger partial charge in [-0.05, 0) is 47.9 Å². The SMILES string of the molecule is O=C(Nc1ccc(-c2nc3c(ccc4ccccc43)o2)cc1)c1ccc(-c2cccc([N+](=O)[O-])c2)o1. The van der Waals surface area contributed by atoms with Gasteiger partial charge in [-0.2, -0.15) is 0 Å². The van der Waals surface area contributed by atoms with Crippen molar-refractivity contribution in [2.75, 3.05) is 5.32 Å². The lowest BCUT2D eigenvalue weighted by molar-refractivity contribution is -0.384. The first-order valence-corrected chi connectivity index (χ1v) is 11.1. The summed E-state index contributed by atoms with van der Waals surface area (Å²) in [7, 11) is 0. The minimum atomic E-state index is -0.479. The van der Waals surface area contributed by atoms with Gasteiger partial charge in [0.25, 0.3) is 11.6 Å². The summed E-state index contributed by atoms with van der Waals surface area (Å²) in [5, 5.41) is 15.9. The molecule has 0 bridgehead atoms. The molecular formula is C28H17N3O5. The largest absolute Gasteiger partial charge is 0.451 e. The van der Waals surface area contributed by atoms with Crippen molar-refractivity contribution in [2.24, 2.45) is 0 Å². The Morgan fingerprint density at radius 3 is 2.50 bits per heavy atom.